The van der Waals surface area contributed by atoms with E-state index < -0.39 is 0 Å². The van der Waals surface area contributed by atoms with Crippen LogP contribution in [0.4, 0.5) is 0 Å². The lowest BCUT2D eigenvalue weighted by molar-refractivity contribution is -0.117. The minimum atomic E-state index is -0.0833. The van der Waals surface area contributed by atoms with Crippen molar-refractivity contribution in [2.24, 2.45) is 22.9 Å². The monoisotopic (exact) mass is 213 g/mol. The fourth-order valence-electron chi connectivity index (χ4n) is 0. The van der Waals surface area contributed by atoms with Gasteiger partial charge in [-0.15, -0.1) is 0 Å². The van der Waals surface area contributed by atoms with E-state index in [-0.39, 0.29) is 24.3 Å². The molecule has 0 aliphatic rings. The highest BCUT2D eigenvalue weighted by Gasteiger charge is 1.64. The predicted octanol–water partition coefficient (Wildman–Crippen LogP) is -8.94. The molecule has 0 bridgehead atoms. The molecule has 0 unspecified atom stereocenters. The predicted molar refractivity (Wildman–Crippen MR) is 43.6 cm³/mol. The molecule has 72 valence electrons. The number of nitrogens with zero attached hydrogens (tertiary/aromatic N) is 1. The van der Waals surface area contributed by atoms with Crippen LogP contribution in [0.15, 0.2) is 0 Å². The second-order valence-electron chi connectivity index (χ2n) is 1.09. The van der Waals surface area contributed by atoms with E-state index >= 15 is 0 Å². The van der Waals surface area contributed by atoms with E-state index in [1.165, 1.54) is 5.40 Å². The number of guanidine groups is 2. The normalized spacial score (nSPS) is 4.58. The van der Waals surface area contributed by atoms with Crippen LogP contribution in [0.1, 0.15) is 0 Å². The van der Waals surface area contributed by atoms with E-state index in [9.17, 15) is 0 Å². The summed E-state index contributed by atoms with van der Waals surface area (Å²) in [6.45, 7) is 0. The van der Waals surface area contributed by atoms with Gasteiger partial charge in [0.2, 0.25) is 0 Å². The lowest BCUT2D eigenvalue weighted by atomic mass is 11.1. The van der Waals surface area contributed by atoms with Gasteiger partial charge in [0.15, 0.2) is 0 Å². The van der Waals surface area contributed by atoms with Crippen LogP contribution in [0.25, 0.3) is 0 Å². The van der Waals surface area contributed by atoms with Crippen molar-refractivity contribution in [3.8, 4) is 5.40 Å². The summed E-state index contributed by atoms with van der Waals surface area (Å²) in [6, 6.07) is 0. The first kappa shape index (κ1) is 22.4. The van der Waals surface area contributed by atoms with Gasteiger partial charge in [-0.25, -0.2) is 5.26 Å². The number of halogens is 1. The molecule has 12 N–H and O–H groups in total. The van der Waals surface area contributed by atoms with Gasteiger partial charge in [-0.1, -0.05) is 5.40 Å². The van der Waals surface area contributed by atoms with Gasteiger partial charge < -0.3 is 25.0 Å². The molecule has 0 rings (SSSR count). The minimum Gasteiger partial charge on any atom is -1.00 e. The lowest BCUT2D eigenvalue weighted by Crippen LogP contribution is -3.00. The van der Waals surface area contributed by atoms with Crippen molar-refractivity contribution in [3.05, 3.63) is 0 Å². The SMILES string of the molecule is N#C[S-].NC(N)=[NH2+].NC(N)=[NH2+].[Cl-]. The van der Waals surface area contributed by atoms with Crippen LogP contribution in [0, 0.1) is 10.7 Å². The Bertz CT molecular complexity index is 131. The summed E-state index contributed by atoms with van der Waals surface area (Å²) in [4.78, 5) is 0. The fraction of sp³-hybridized carbons (Fsp3) is 0. The van der Waals surface area contributed by atoms with Gasteiger partial charge in [0, 0.05) is 0 Å². The van der Waals surface area contributed by atoms with Crippen LogP contribution in [0.3, 0.4) is 0 Å². The number of rotatable bonds is 0. The van der Waals surface area contributed by atoms with E-state index in [0.29, 0.717) is 0 Å². The Morgan fingerprint density at radius 2 is 1.08 bits per heavy atom. The highest BCUT2D eigenvalue weighted by atomic mass is 35.5. The first-order valence-electron chi connectivity index (χ1n) is 2.16. The first-order valence-corrected chi connectivity index (χ1v) is 2.57. The Morgan fingerprint density at radius 3 is 1.08 bits per heavy atom. The fourth-order valence-corrected chi connectivity index (χ4v) is 0. The van der Waals surface area contributed by atoms with Crippen molar-refractivity contribution in [1.82, 2.24) is 0 Å². The van der Waals surface area contributed by atoms with Gasteiger partial charge in [-0.05, 0) is 0 Å². The molecule has 12 heavy (non-hydrogen) atoms. The molecule has 0 aliphatic heterocycles. The average Bonchev–Trinajstić information content (AvgIpc) is 1.60. The second-order valence-corrected chi connectivity index (χ2v) is 1.27. The number of hydrogen-bond acceptors (Lipinski definition) is 2. The third kappa shape index (κ3) is 228. The Morgan fingerprint density at radius 1 is 1.08 bits per heavy atom. The minimum absolute atomic E-state index is 0. The van der Waals surface area contributed by atoms with Crippen molar-refractivity contribution in [2.45, 2.75) is 0 Å². The van der Waals surface area contributed by atoms with Gasteiger partial charge in [0.1, 0.15) is 0 Å². The molecule has 0 amide bonds. The third-order valence-corrected chi connectivity index (χ3v) is 0. The molecule has 0 heterocycles. The summed E-state index contributed by atoms with van der Waals surface area (Å²) < 4.78 is 0. The van der Waals surface area contributed by atoms with Crippen molar-refractivity contribution < 1.29 is 23.2 Å². The molecule has 0 aliphatic carbocycles. The molecule has 0 saturated heterocycles. The Kier molecular flexibility index (Phi) is 42.4. The molecule has 0 aromatic rings. The standard InChI is InChI=1S/2CH5N3.CHNS.ClH/c2*2-1(3)4;2-1-3;/h2*(H5,2,3,4);3H;1H. The number of nitrogens with two attached hydrogens (primary N) is 6. The smallest absolute Gasteiger partial charge is 0.336 e. The molecule has 0 aromatic heterocycles. The zero-order valence-corrected chi connectivity index (χ0v) is 7.77. The Hall–Kier alpha value is -1.46. The van der Waals surface area contributed by atoms with Gasteiger partial charge >= 0.3 is 11.9 Å². The van der Waals surface area contributed by atoms with Crippen LogP contribution in [-0.2, 0) is 12.6 Å². The van der Waals surface area contributed by atoms with Crippen LogP contribution in [-0.4, -0.2) is 11.9 Å². The zero-order valence-electron chi connectivity index (χ0n) is 6.20. The van der Waals surface area contributed by atoms with Gasteiger partial charge in [0.25, 0.3) is 0 Å². The van der Waals surface area contributed by atoms with E-state index in [2.05, 4.69) is 46.4 Å². The first-order chi connectivity index (χ1) is 4.88. The second kappa shape index (κ2) is 22.7. The summed E-state index contributed by atoms with van der Waals surface area (Å²) in [7, 11) is 0. The molecule has 0 spiro atoms. The highest BCUT2D eigenvalue weighted by Crippen LogP contribution is 1.16. The quantitative estimate of drug-likeness (QED) is 0.101. The number of hydrogen-bond donors (Lipinski definition) is 6. The van der Waals surface area contributed by atoms with Crippen molar-refractivity contribution in [2.75, 3.05) is 0 Å². The van der Waals surface area contributed by atoms with Crippen LogP contribution in [0.2, 0.25) is 0 Å². The largest absolute Gasteiger partial charge is 1.00 e. The highest BCUT2D eigenvalue weighted by molar-refractivity contribution is 7.64. The van der Waals surface area contributed by atoms with E-state index in [0.717, 1.165) is 0 Å². The van der Waals surface area contributed by atoms with Gasteiger partial charge in [-0.2, -0.15) is 0 Å². The number of nitriles is 1. The molecule has 9 heteroatoms. The summed E-state index contributed by atoms with van der Waals surface area (Å²) in [5, 5.41) is 17.6. The lowest BCUT2D eigenvalue weighted by Gasteiger charge is -1.59. The van der Waals surface area contributed by atoms with Crippen molar-refractivity contribution >= 4 is 24.5 Å². The third-order valence-electron chi connectivity index (χ3n) is 0. The molecule has 0 fully saturated rings. The topological polar surface area (TPSA) is 179 Å². The average molecular weight is 214 g/mol. The van der Waals surface area contributed by atoms with Crippen LogP contribution < -0.4 is 46.2 Å². The molecule has 0 saturated carbocycles. The maximum Gasteiger partial charge on any atom is 0.336 e. The maximum absolute atomic E-state index is 7.13. The Labute approximate surface area is 81.9 Å². The van der Waals surface area contributed by atoms with E-state index in [4.69, 9.17) is 5.26 Å². The van der Waals surface area contributed by atoms with E-state index in [1.807, 2.05) is 0 Å². The van der Waals surface area contributed by atoms with Crippen molar-refractivity contribution in [3.63, 3.8) is 0 Å². The van der Waals surface area contributed by atoms with Crippen molar-refractivity contribution in [1.29, 1.82) is 5.26 Å². The molecular weight excluding hydrogens is 202 g/mol. The summed E-state index contributed by atoms with van der Waals surface area (Å²) >= 11 is 3.70. The van der Waals surface area contributed by atoms with Crippen LogP contribution >= 0.6 is 0 Å². The Balaban J connectivity index is -0.0000000389. The molecule has 0 aromatic carbocycles. The van der Waals surface area contributed by atoms with E-state index in [1.54, 1.807) is 0 Å². The molecule has 7 nitrogen and oxygen atoms in total. The summed E-state index contributed by atoms with van der Waals surface area (Å²) in [5.41, 5.74) is 18.3. The van der Waals surface area contributed by atoms with Gasteiger partial charge in [0.05, 0.1) is 0 Å². The maximum atomic E-state index is 7.13. The number of thiocyanates is 1. The van der Waals surface area contributed by atoms with Gasteiger partial charge in [-0.3, -0.25) is 33.8 Å². The summed E-state index contributed by atoms with van der Waals surface area (Å²) in [6.07, 6.45) is 0. The molecule has 0 atom stereocenters. The van der Waals surface area contributed by atoms with Crippen LogP contribution in [0.5, 0.6) is 0 Å². The molecular formula is C3H12ClN7S. The summed E-state index contributed by atoms with van der Waals surface area (Å²) in [5.74, 6) is -0.167. The molecule has 0 radical (unpaired) electrons. The zero-order chi connectivity index (χ0) is 9.86.